The monoisotopic (exact) mass is 391 g/mol. The molecule has 7 heteroatoms. The van der Waals surface area contributed by atoms with Crippen molar-refractivity contribution in [3.63, 3.8) is 0 Å². The van der Waals surface area contributed by atoms with Gasteiger partial charge in [0.2, 0.25) is 0 Å². The molecule has 150 valence electrons. The molecule has 5 rings (SSSR count). The number of aryl methyl sites for hydroxylation is 1. The van der Waals surface area contributed by atoms with E-state index in [1.807, 2.05) is 13.0 Å². The SMILES string of the molecule is Cc1[nH]nc2nc(-c3ccc(O)cc3)cc(C(=O)NC3CNCCC4CCC43)c12. The van der Waals surface area contributed by atoms with Crippen molar-refractivity contribution in [2.75, 3.05) is 13.1 Å². The largest absolute Gasteiger partial charge is 0.508 e. The zero-order valence-corrected chi connectivity index (χ0v) is 16.4. The molecule has 1 aromatic carbocycles. The summed E-state index contributed by atoms with van der Waals surface area (Å²) in [6, 6.07) is 8.79. The molecule has 0 radical (unpaired) electrons. The lowest BCUT2D eigenvalue weighted by Crippen LogP contribution is -2.49. The Labute approximate surface area is 168 Å². The van der Waals surface area contributed by atoms with Crippen LogP contribution in [-0.4, -0.2) is 45.3 Å². The number of rotatable bonds is 3. The molecule has 2 aromatic heterocycles. The number of phenolic OH excluding ortho intramolecular Hbond substituents is 1. The summed E-state index contributed by atoms with van der Waals surface area (Å²) in [6.45, 7) is 3.75. The van der Waals surface area contributed by atoms with Gasteiger partial charge in [-0.05, 0) is 74.9 Å². The molecule has 1 saturated carbocycles. The highest BCUT2D eigenvalue weighted by atomic mass is 16.3. The van der Waals surface area contributed by atoms with Crippen molar-refractivity contribution in [2.45, 2.75) is 32.2 Å². The Morgan fingerprint density at radius 3 is 2.79 bits per heavy atom. The van der Waals surface area contributed by atoms with Crippen LogP contribution >= 0.6 is 0 Å². The van der Waals surface area contributed by atoms with Gasteiger partial charge in [0.15, 0.2) is 5.65 Å². The van der Waals surface area contributed by atoms with E-state index in [1.165, 1.54) is 19.3 Å². The van der Waals surface area contributed by atoms with E-state index >= 15 is 0 Å². The predicted molar refractivity (Wildman–Crippen MR) is 111 cm³/mol. The Bertz CT molecular complexity index is 1060. The topological polar surface area (TPSA) is 103 Å². The number of hydrogen-bond acceptors (Lipinski definition) is 5. The van der Waals surface area contributed by atoms with Gasteiger partial charge < -0.3 is 15.7 Å². The van der Waals surface area contributed by atoms with Gasteiger partial charge in [0.05, 0.1) is 16.6 Å². The molecular formula is C22H25N5O2. The molecule has 1 saturated heterocycles. The highest BCUT2D eigenvalue weighted by molar-refractivity contribution is 6.07. The summed E-state index contributed by atoms with van der Waals surface area (Å²) >= 11 is 0. The van der Waals surface area contributed by atoms with E-state index in [-0.39, 0.29) is 17.7 Å². The van der Waals surface area contributed by atoms with Crippen molar-refractivity contribution in [1.82, 2.24) is 25.8 Å². The number of carbonyl (C=O) groups is 1. The van der Waals surface area contributed by atoms with E-state index in [1.54, 1.807) is 24.3 Å². The highest BCUT2D eigenvalue weighted by Gasteiger charge is 2.39. The van der Waals surface area contributed by atoms with E-state index in [0.29, 0.717) is 22.8 Å². The maximum Gasteiger partial charge on any atom is 0.252 e. The molecule has 3 heterocycles. The quantitative estimate of drug-likeness (QED) is 0.550. The van der Waals surface area contributed by atoms with Crippen LogP contribution in [0.5, 0.6) is 5.75 Å². The van der Waals surface area contributed by atoms with E-state index < -0.39 is 0 Å². The highest BCUT2D eigenvalue weighted by Crippen LogP contribution is 2.40. The molecule has 2 fully saturated rings. The fourth-order valence-electron chi connectivity index (χ4n) is 4.72. The Morgan fingerprint density at radius 1 is 1.21 bits per heavy atom. The third kappa shape index (κ3) is 3.25. The van der Waals surface area contributed by atoms with Crippen LogP contribution in [0.3, 0.4) is 0 Å². The van der Waals surface area contributed by atoms with E-state index in [2.05, 4.69) is 25.8 Å². The minimum absolute atomic E-state index is 0.0821. The van der Waals surface area contributed by atoms with Crippen LogP contribution in [0.25, 0.3) is 22.3 Å². The summed E-state index contributed by atoms with van der Waals surface area (Å²) in [5.74, 6) is 1.39. The van der Waals surface area contributed by atoms with Gasteiger partial charge in [-0.25, -0.2) is 4.98 Å². The summed E-state index contributed by atoms with van der Waals surface area (Å²) in [7, 11) is 0. The van der Waals surface area contributed by atoms with Gasteiger partial charge in [-0.2, -0.15) is 5.10 Å². The number of fused-ring (bicyclic) bond motifs is 2. The van der Waals surface area contributed by atoms with E-state index in [9.17, 15) is 9.90 Å². The number of nitrogens with zero attached hydrogens (tertiary/aromatic N) is 2. The molecule has 3 aromatic rings. The second kappa shape index (κ2) is 7.15. The molecule has 1 amide bonds. The minimum Gasteiger partial charge on any atom is -0.508 e. The van der Waals surface area contributed by atoms with Crippen molar-refractivity contribution in [1.29, 1.82) is 0 Å². The number of aromatic amines is 1. The fourth-order valence-corrected chi connectivity index (χ4v) is 4.72. The molecular weight excluding hydrogens is 366 g/mol. The van der Waals surface area contributed by atoms with Crippen molar-refractivity contribution in [2.24, 2.45) is 11.8 Å². The average Bonchev–Trinajstić information content (AvgIpc) is 3.00. The zero-order valence-electron chi connectivity index (χ0n) is 16.4. The van der Waals surface area contributed by atoms with Gasteiger partial charge in [-0.15, -0.1) is 0 Å². The van der Waals surface area contributed by atoms with Crippen LogP contribution in [0, 0.1) is 18.8 Å². The predicted octanol–water partition coefficient (Wildman–Crippen LogP) is 2.76. The standard InChI is InChI=1S/C22H25N5O2/c1-12-20-17(22(29)25-19-11-23-9-8-13-4-7-16(13)19)10-18(24-21(20)27-26-12)14-2-5-15(28)6-3-14/h2-3,5-6,10,13,16,19,23,28H,4,7-9,11H2,1H3,(H,25,29)(H,24,26,27). The number of aromatic hydroxyl groups is 1. The van der Waals surface area contributed by atoms with Crippen LogP contribution in [-0.2, 0) is 0 Å². The van der Waals surface area contributed by atoms with E-state index in [4.69, 9.17) is 0 Å². The first-order chi connectivity index (χ1) is 14.1. The van der Waals surface area contributed by atoms with Gasteiger partial charge in [-0.1, -0.05) is 0 Å². The first kappa shape index (κ1) is 18.1. The summed E-state index contributed by atoms with van der Waals surface area (Å²) in [4.78, 5) is 18.0. The van der Waals surface area contributed by atoms with Crippen molar-refractivity contribution >= 4 is 16.9 Å². The maximum atomic E-state index is 13.4. The number of pyridine rings is 1. The van der Waals surface area contributed by atoms with Crippen molar-refractivity contribution in [3.8, 4) is 17.0 Å². The molecule has 7 nitrogen and oxygen atoms in total. The number of H-pyrrole nitrogens is 1. The van der Waals surface area contributed by atoms with Crippen LogP contribution in [0.1, 0.15) is 35.3 Å². The molecule has 0 bridgehead atoms. The molecule has 1 aliphatic carbocycles. The molecule has 4 N–H and O–H groups in total. The fraction of sp³-hybridized carbons (Fsp3) is 0.409. The van der Waals surface area contributed by atoms with Crippen LogP contribution in [0.15, 0.2) is 30.3 Å². The second-order valence-electron chi connectivity index (χ2n) is 8.22. The average molecular weight is 391 g/mol. The Balaban J connectivity index is 1.51. The maximum absolute atomic E-state index is 13.4. The Kier molecular flexibility index (Phi) is 4.47. The minimum atomic E-state index is -0.0821. The number of phenols is 1. The third-order valence-electron chi connectivity index (χ3n) is 6.48. The number of aromatic nitrogens is 3. The zero-order chi connectivity index (χ0) is 20.0. The van der Waals surface area contributed by atoms with Crippen LogP contribution in [0.4, 0.5) is 0 Å². The van der Waals surface area contributed by atoms with Gasteiger partial charge in [0.1, 0.15) is 5.75 Å². The van der Waals surface area contributed by atoms with Crippen LogP contribution < -0.4 is 10.6 Å². The van der Waals surface area contributed by atoms with Gasteiger partial charge in [-0.3, -0.25) is 9.89 Å². The summed E-state index contributed by atoms with van der Waals surface area (Å²) in [6.07, 6.45) is 3.65. The Hall–Kier alpha value is -2.93. The number of amides is 1. The smallest absolute Gasteiger partial charge is 0.252 e. The van der Waals surface area contributed by atoms with Crippen molar-refractivity contribution < 1.29 is 9.90 Å². The normalized spacial score (nSPS) is 23.8. The molecule has 3 unspecified atom stereocenters. The number of carbonyl (C=O) groups excluding carboxylic acids is 1. The van der Waals surface area contributed by atoms with E-state index in [0.717, 1.165) is 35.7 Å². The summed E-state index contributed by atoms with van der Waals surface area (Å²) in [5.41, 5.74) is 3.43. The molecule has 3 atom stereocenters. The number of benzene rings is 1. The lowest BCUT2D eigenvalue weighted by molar-refractivity contribution is 0.0849. The number of nitrogens with one attached hydrogen (secondary N) is 3. The lowest BCUT2D eigenvalue weighted by atomic mass is 9.69. The van der Waals surface area contributed by atoms with Gasteiger partial charge in [0, 0.05) is 23.8 Å². The van der Waals surface area contributed by atoms with Gasteiger partial charge in [0.25, 0.3) is 5.91 Å². The third-order valence-corrected chi connectivity index (χ3v) is 6.48. The Morgan fingerprint density at radius 2 is 2.03 bits per heavy atom. The molecule has 0 spiro atoms. The lowest BCUT2D eigenvalue weighted by Gasteiger charge is -2.40. The van der Waals surface area contributed by atoms with Crippen LogP contribution in [0.2, 0.25) is 0 Å². The molecule has 2 aliphatic rings. The first-order valence-electron chi connectivity index (χ1n) is 10.3. The van der Waals surface area contributed by atoms with Gasteiger partial charge >= 0.3 is 0 Å². The second-order valence-corrected chi connectivity index (χ2v) is 8.22. The molecule has 29 heavy (non-hydrogen) atoms. The summed E-state index contributed by atoms with van der Waals surface area (Å²) < 4.78 is 0. The molecule has 1 aliphatic heterocycles. The number of hydrogen-bond donors (Lipinski definition) is 4. The summed E-state index contributed by atoms with van der Waals surface area (Å²) in [5, 5.41) is 24.3. The first-order valence-corrected chi connectivity index (χ1v) is 10.3. The van der Waals surface area contributed by atoms with Crippen molar-refractivity contribution in [3.05, 3.63) is 41.6 Å².